The van der Waals surface area contributed by atoms with Crippen molar-refractivity contribution in [3.05, 3.63) is 76.3 Å². The number of benzene rings is 2. The van der Waals surface area contributed by atoms with Gasteiger partial charge in [-0.15, -0.1) is 4.73 Å². The van der Waals surface area contributed by atoms with Crippen molar-refractivity contribution in [2.24, 2.45) is 5.10 Å². The Hall–Kier alpha value is -3.48. The van der Waals surface area contributed by atoms with E-state index >= 15 is 0 Å². The Kier molecular flexibility index (Phi) is 5.07. The van der Waals surface area contributed by atoms with Crippen molar-refractivity contribution >= 4 is 22.5 Å². The number of aromatic nitrogens is 2. The number of para-hydroxylation sites is 1. The predicted molar refractivity (Wildman–Crippen MR) is 99.0 cm³/mol. The number of hydrogen-bond donors (Lipinski definition) is 1. The first kappa shape index (κ1) is 17.3. The fourth-order valence-corrected chi connectivity index (χ4v) is 2.43. The standard InChI is InChI=1S/C19H18N4O3/c1-13(15-8-4-3-5-9-15)21-22-18(24)12-26-23-14(2)20-17-11-7-6-10-16(17)19(23)25/h3-11H,12H2,1-2H3,(H,22,24). The van der Waals surface area contributed by atoms with Crippen LogP contribution in [0, 0.1) is 6.92 Å². The molecule has 1 amide bonds. The minimum atomic E-state index is -0.472. The number of nitrogens with zero attached hydrogens (tertiary/aromatic N) is 3. The molecule has 0 saturated carbocycles. The first-order valence-electron chi connectivity index (χ1n) is 8.06. The number of hydrazone groups is 1. The van der Waals surface area contributed by atoms with Crippen LogP contribution in [0.25, 0.3) is 10.9 Å². The lowest BCUT2D eigenvalue weighted by molar-refractivity contribution is -0.126. The summed E-state index contributed by atoms with van der Waals surface area (Å²) in [4.78, 5) is 34.1. The van der Waals surface area contributed by atoms with Crippen LogP contribution >= 0.6 is 0 Å². The van der Waals surface area contributed by atoms with E-state index in [1.54, 1.807) is 38.1 Å². The van der Waals surface area contributed by atoms with Gasteiger partial charge in [0, 0.05) is 0 Å². The van der Waals surface area contributed by atoms with Gasteiger partial charge in [0.15, 0.2) is 6.61 Å². The van der Waals surface area contributed by atoms with E-state index in [1.165, 1.54) is 0 Å². The van der Waals surface area contributed by atoms with Crippen molar-refractivity contribution in [1.82, 2.24) is 15.1 Å². The monoisotopic (exact) mass is 350 g/mol. The third-order valence-electron chi connectivity index (χ3n) is 3.76. The molecule has 1 heterocycles. The largest absolute Gasteiger partial charge is 0.399 e. The van der Waals surface area contributed by atoms with Gasteiger partial charge in [-0.1, -0.05) is 42.5 Å². The highest BCUT2D eigenvalue weighted by atomic mass is 16.7. The molecule has 132 valence electrons. The third-order valence-corrected chi connectivity index (χ3v) is 3.76. The molecule has 0 saturated heterocycles. The maximum Gasteiger partial charge on any atom is 0.294 e. The first-order chi connectivity index (χ1) is 12.6. The molecule has 0 unspecified atom stereocenters. The van der Waals surface area contributed by atoms with Crippen LogP contribution in [-0.2, 0) is 4.79 Å². The van der Waals surface area contributed by atoms with Crippen LogP contribution < -0.4 is 15.8 Å². The first-order valence-corrected chi connectivity index (χ1v) is 8.06. The van der Waals surface area contributed by atoms with Crippen LogP contribution in [0.3, 0.4) is 0 Å². The van der Waals surface area contributed by atoms with Gasteiger partial charge in [0.25, 0.3) is 11.5 Å². The molecule has 0 atom stereocenters. The summed E-state index contributed by atoms with van der Waals surface area (Å²) in [6.07, 6.45) is 0. The quantitative estimate of drug-likeness (QED) is 0.560. The van der Waals surface area contributed by atoms with Gasteiger partial charge >= 0.3 is 0 Å². The van der Waals surface area contributed by atoms with Crippen LogP contribution in [0.5, 0.6) is 0 Å². The second kappa shape index (κ2) is 7.60. The Morgan fingerprint density at radius 1 is 1.15 bits per heavy atom. The molecule has 1 aromatic heterocycles. The summed E-state index contributed by atoms with van der Waals surface area (Å²) in [6, 6.07) is 16.4. The zero-order valence-corrected chi connectivity index (χ0v) is 14.5. The molecule has 0 bridgehead atoms. The van der Waals surface area contributed by atoms with Gasteiger partial charge in [0.05, 0.1) is 16.6 Å². The van der Waals surface area contributed by atoms with E-state index in [1.807, 2.05) is 30.3 Å². The molecule has 0 fully saturated rings. The van der Waals surface area contributed by atoms with Gasteiger partial charge in [-0.05, 0) is 31.5 Å². The molecule has 0 aliphatic rings. The van der Waals surface area contributed by atoms with Gasteiger partial charge in [0.2, 0.25) is 0 Å². The molecule has 7 nitrogen and oxygen atoms in total. The Balaban J connectivity index is 1.68. The van der Waals surface area contributed by atoms with Crippen molar-refractivity contribution in [3.8, 4) is 0 Å². The van der Waals surface area contributed by atoms with E-state index in [0.717, 1.165) is 10.3 Å². The molecule has 3 rings (SSSR count). The summed E-state index contributed by atoms with van der Waals surface area (Å²) >= 11 is 0. The smallest absolute Gasteiger partial charge is 0.294 e. The highest BCUT2D eigenvalue weighted by Crippen LogP contribution is 2.06. The SMILES string of the molecule is CC(=NNC(=O)COn1c(C)nc2ccccc2c1=O)c1ccccc1. The number of hydrogen-bond acceptors (Lipinski definition) is 5. The van der Waals surface area contributed by atoms with Crippen LogP contribution in [0.1, 0.15) is 18.3 Å². The molecule has 0 aliphatic carbocycles. The molecular weight excluding hydrogens is 332 g/mol. The minimum Gasteiger partial charge on any atom is -0.399 e. The van der Waals surface area contributed by atoms with Gasteiger partial charge in [-0.3, -0.25) is 9.59 Å². The zero-order valence-electron chi connectivity index (χ0n) is 14.5. The van der Waals surface area contributed by atoms with Gasteiger partial charge in [-0.2, -0.15) is 5.10 Å². The summed E-state index contributed by atoms with van der Waals surface area (Å²) in [7, 11) is 0. The number of aryl methyl sites for hydroxylation is 1. The van der Waals surface area contributed by atoms with E-state index in [9.17, 15) is 9.59 Å². The summed E-state index contributed by atoms with van der Waals surface area (Å²) in [5, 5.41) is 4.46. The highest BCUT2D eigenvalue weighted by molar-refractivity contribution is 5.99. The van der Waals surface area contributed by atoms with E-state index < -0.39 is 5.91 Å². The van der Waals surface area contributed by atoms with E-state index in [0.29, 0.717) is 22.4 Å². The van der Waals surface area contributed by atoms with E-state index in [2.05, 4.69) is 15.5 Å². The number of nitrogens with one attached hydrogen (secondary N) is 1. The van der Waals surface area contributed by atoms with Gasteiger partial charge in [-0.25, -0.2) is 10.4 Å². The second-order valence-corrected chi connectivity index (χ2v) is 5.65. The number of carbonyl (C=O) groups is 1. The maximum absolute atomic E-state index is 12.5. The number of carbonyl (C=O) groups excluding carboxylic acids is 1. The molecule has 3 aromatic rings. The average Bonchev–Trinajstić information content (AvgIpc) is 2.66. The average molecular weight is 350 g/mol. The molecule has 0 radical (unpaired) electrons. The van der Waals surface area contributed by atoms with Crippen LogP contribution in [0.4, 0.5) is 0 Å². The van der Waals surface area contributed by atoms with Crippen molar-refractivity contribution in [2.45, 2.75) is 13.8 Å². The fraction of sp³-hybridized carbons (Fsp3) is 0.158. The highest BCUT2D eigenvalue weighted by Gasteiger charge is 2.10. The number of amides is 1. The van der Waals surface area contributed by atoms with E-state index in [-0.39, 0.29) is 12.2 Å². The summed E-state index contributed by atoms with van der Waals surface area (Å²) in [5.74, 6) is -0.106. The van der Waals surface area contributed by atoms with Gasteiger partial charge < -0.3 is 4.84 Å². The third kappa shape index (κ3) is 3.77. The number of fused-ring (bicyclic) bond motifs is 1. The van der Waals surface area contributed by atoms with Crippen LogP contribution in [0.2, 0.25) is 0 Å². The molecule has 2 aromatic carbocycles. The minimum absolute atomic E-state index is 0.355. The molecule has 1 N–H and O–H groups in total. The molecule has 0 spiro atoms. The van der Waals surface area contributed by atoms with Crippen molar-refractivity contribution in [1.29, 1.82) is 0 Å². The lowest BCUT2D eigenvalue weighted by Gasteiger charge is -2.11. The van der Waals surface area contributed by atoms with Crippen LogP contribution in [0.15, 0.2) is 64.5 Å². The van der Waals surface area contributed by atoms with E-state index in [4.69, 9.17) is 4.84 Å². The fourth-order valence-electron chi connectivity index (χ4n) is 2.43. The molecule has 0 aliphatic heterocycles. The Bertz CT molecular complexity index is 1030. The maximum atomic E-state index is 12.5. The topological polar surface area (TPSA) is 85.6 Å². The molecular formula is C19H18N4O3. The predicted octanol–water partition coefficient (Wildman–Crippen LogP) is 1.67. The number of rotatable bonds is 5. The van der Waals surface area contributed by atoms with Crippen molar-refractivity contribution < 1.29 is 9.63 Å². The second-order valence-electron chi connectivity index (χ2n) is 5.65. The lowest BCUT2D eigenvalue weighted by atomic mass is 10.1. The molecule has 26 heavy (non-hydrogen) atoms. The van der Waals surface area contributed by atoms with Crippen molar-refractivity contribution in [3.63, 3.8) is 0 Å². The van der Waals surface area contributed by atoms with Gasteiger partial charge in [0.1, 0.15) is 5.82 Å². The Morgan fingerprint density at radius 3 is 2.62 bits per heavy atom. The summed E-state index contributed by atoms with van der Waals surface area (Å²) < 4.78 is 1.02. The van der Waals surface area contributed by atoms with Crippen molar-refractivity contribution in [2.75, 3.05) is 6.61 Å². The zero-order chi connectivity index (χ0) is 18.5. The molecule has 7 heteroatoms. The summed E-state index contributed by atoms with van der Waals surface area (Å²) in [6.45, 7) is 3.08. The lowest BCUT2D eigenvalue weighted by Crippen LogP contribution is -2.36. The summed E-state index contributed by atoms with van der Waals surface area (Å²) in [5.41, 5.74) is 4.21. The normalized spacial score (nSPS) is 11.4. The Morgan fingerprint density at radius 2 is 1.85 bits per heavy atom. The van der Waals surface area contributed by atoms with Crippen LogP contribution in [-0.4, -0.2) is 27.9 Å². The Labute approximate surface area is 149 Å².